The van der Waals surface area contributed by atoms with Crippen molar-refractivity contribution in [3.8, 4) is 0 Å². The monoisotopic (exact) mass is 400 g/mol. The second-order valence-corrected chi connectivity index (χ2v) is 8.73. The lowest BCUT2D eigenvalue weighted by Crippen LogP contribution is -2.32. The van der Waals surface area contributed by atoms with E-state index in [1.54, 1.807) is 0 Å². The molecule has 1 heterocycles. The summed E-state index contributed by atoms with van der Waals surface area (Å²) in [6.45, 7) is 0. The van der Waals surface area contributed by atoms with Crippen molar-refractivity contribution in [2.45, 2.75) is 9.79 Å². The first-order valence-electron chi connectivity index (χ1n) is 6.96. The van der Waals surface area contributed by atoms with Gasteiger partial charge < -0.3 is 0 Å². The number of benzene rings is 2. The predicted molar refractivity (Wildman–Crippen MR) is 86.7 cm³/mol. The van der Waals surface area contributed by atoms with Gasteiger partial charge in [0.15, 0.2) is 0 Å². The van der Waals surface area contributed by atoms with Gasteiger partial charge in [-0.3, -0.25) is 0 Å². The fourth-order valence-electron chi connectivity index (χ4n) is 2.19. The number of rotatable bonds is 4. The van der Waals surface area contributed by atoms with Crippen molar-refractivity contribution >= 4 is 20.0 Å². The SMILES string of the molecule is O=c1n(S(=O)(=O)c2cccc(F)c2)ccn1S(=O)(=O)c1cccc(F)c1. The Morgan fingerprint density at radius 2 is 1.08 bits per heavy atom. The van der Waals surface area contributed by atoms with E-state index in [4.69, 9.17) is 0 Å². The van der Waals surface area contributed by atoms with Crippen molar-refractivity contribution in [3.63, 3.8) is 0 Å². The highest BCUT2D eigenvalue weighted by Crippen LogP contribution is 2.16. The number of aromatic nitrogens is 2. The lowest BCUT2D eigenvalue weighted by Gasteiger charge is -2.06. The van der Waals surface area contributed by atoms with Crippen LogP contribution in [0.5, 0.6) is 0 Å². The Kier molecular flexibility index (Phi) is 4.28. The van der Waals surface area contributed by atoms with Crippen LogP contribution >= 0.6 is 0 Å². The molecule has 2 aromatic carbocycles. The van der Waals surface area contributed by atoms with E-state index in [0.29, 0.717) is 12.1 Å². The number of hydrogen-bond acceptors (Lipinski definition) is 5. The zero-order valence-corrected chi connectivity index (χ0v) is 14.4. The normalized spacial score (nSPS) is 12.2. The second-order valence-electron chi connectivity index (χ2n) is 5.10. The van der Waals surface area contributed by atoms with Crippen LogP contribution in [0, 0.1) is 11.6 Å². The summed E-state index contributed by atoms with van der Waals surface area (Å²) in [7, 11) is -9.03. The van der Waals surface area contributed by atoms with Crippen LogP contribution in [0.25, 0.3) is 0 Å². The van der Waals surface area contributed by atoms with Gasteiger partial charge in [0.25, 0.3) is 20.0 Å². The highest BCUT2D eigenvalue weighted by Gasteiger charge is 2.26. The summed E-state index contributed by atoms with van der Waals surface area (Å²) in [5.74, 6) is -1.68. The summed E-state index contributed by atoms with van der Waals surface area (Å²) in [4.78, 5) is 11.3. The maximum absolute atomic E-state index is 13.3. The van der Waals surface area contributed by atoms with Gasteiger partial charge in [-0.15, -0.1) is 0 Å². The molecule has 0 bridgehead atoms. The molecule has 0 spiro atoms. The third-order valence-corrected chi connectivity index (χ3v) is 6.71. The lowest BCUT2D eigenvalue weighted by atomic mass is 10.4. The minimum absolute atomic E-state index is 0.165. The van der Waals surface area contributed by atoms with Gasteiger partial charge in [0, 0.05) is 12.4 Å². The smallest absolute Gasteiger partial charge is 0.245 e. The molecule has 0 aliphatic rings. The summed E-state index contributed by atoms with van der Waals surface area (Å²) in [5.41, 5.74) is -1.42. The zero-order valence-electron chi connectivity index (χ0n) is 12.8. The molecule has 0 aliphatic heterocycles. The minimum atomic E-state index is -4.52. The molecule has 136 valence electrons. The lowest BCUT2D eigenvalue weighted by molar-refractivity contribution is 0.576. The van der Waals surface area contributed by atoms with Crippen LogP contribution in [0.3, 0.4) is 0 Å². The van der Waals surface area contributed by atoms with Crippen molar-refractivity contribution in [1.82, 2.24) is 7.94 Å². The van der Waals surface area contributed by atoms with Crippen molar-refractivity contribution in [1.29, 1.82) is 0 Å². The average Bonchev–Trinajstić information content (AvgIpc) is 2.98. The Balaban J connectivity index is 2.16. The minimum Gasteiger partial charge on any atom is -0.245 e. The molecule has 0 saturated carbocycles. The van der Waals surface area contributed by atoms with E-state index in [2.05, 4.69) is 0 Å². The maximum Gasteiger partial charge on any atom is 0.356 e. The molecule has 0 fully saturated rings. The quantitative estimate of drug-likeness (QED) is 0.660. The van der Waals surface area contributed by atoms with Crippen LogP contribution in [0.15, 0.2) is 75.5 Å². The molecular weight excluding hydrogens is 390 g/mol. The number of hydrogen-bond donors (Lipinski definition) is 0. The Labute approximate surface area is 146 Å². The summed E-state index contributed by atoms with van der Waals surface area (Å²) >= 11 is 0. The molecule has 26 heavy (non-hydrogen) atoms. The first-order valence-corrected chi connectivity index (χ1v) is 9.84. The van der Waals surface area contributed by atoms with E-state index in [1.807, 2.05) is 0 Å². The van der Waals surface area contributed by atoms with Crippen LogP contribution in [0.1, 0.15) is 0 Å². The Bertz CT molecular complexity index is 1160. The topological polar surface area (TPSA) is 95.2 Å². The van der Waals surface area contributed by atoms with Crippen LogP contribution < -0.4 is 5.69 Å². The summed E-state index contributed by atoms with van der Waals surface area (Å²) in [6.07, 6.45) is 1.44. The van der Waals surface area contributed by atoms with Gasteiger partial charge in [-0.2, -0.15) is 7.94 Å². The highest BCUT2D eigenvalue weighted by atomic mass is 32.2. The molecular formula is C15H10F2N2O5S2. The van der Waals surface area contributed by atoms with Gasteiger partial charge in [0.05, 0.1) is 9.79 Å². The first-order chi connectivity index (χ1) is 12.1. The first kappa shape index (κ1) is 18.0. The van der Waals surface area contributed by atoms with Crippen molar-refractivity contribution in [2.75, 3.05) is 0 Å². The van der Waals surface area contributed by atoms with E-state index >= 15 is 0 Å². The molecule has 1 aromatic heterocycles. The summed E-state index contributed by atoms with van der Waals surface area (Å²) < 4.78 is 76.8. The van der Waals surface area contributed by atoms with Crippen LogP contribution in [-0.4, -0.2) is 24.8 Å². The molecule has 3 rings (SSSR count). The van der Waals surface area contributed by atoms with Crippen LogP contribution in [0.2, 0.25) is 0 Å². The Hall–Kier alpha value is -2.79. The van der Waals surface area contributed by atoms with Gasteiger partial charge in [-0.25, -0.2) is 30.4 Å². The highest BCUT2D eigenvalue weighted by molar-refractivity contribution is 7.90. The third kappa shape index (κ3) is 2.95. The summed E-state index contributed by atoms with van der Waals surface area (Å²) in [5, 5.41) is 0. The summed E-state index contributed by atoms with van der Waals surface area (Å²) in [6, 6.07) is 7.80. The molecule has 0 unspecified atom stereocenters. The van der Waals surface area contributed by atoms with Crippen molar-refractivity contribution in [3.05, 3.63) is 83.0 Å². The molecule has 7 nitrogen and oxygen atoms in total. The van der Waals surface area contributed by atoms with Gasteiger partial charge in [-0.05, 0) is 36.4 Å². The molecule has 3 aromatic rings. The fourth-order valence-corrected chi connectivity index (χ4v) is 4.74. The zero-order chi connectivity index (χ0) is 19.1. The molecule has 0 N–H and O–H groups in total. The van der Waals surface area contributed by atoms with Gasteiger partial charge in [0.2, 0.25) is 0 Å². The standard InChI is InChI=1S/C15H10F2N2O5S2/c16-11-3-1-5-13(9-11)25(21,22)18-7-8-19(15(18)20)26(23,24)14-6-2-4-12(17)10-14/h1-10H. The fraction of sp³-hybridized carbons (Fsp3) is 0. The van der Waals surface area contributed by atoms with Crippen molar-refractivity contribution in [2.24, 2.45) is 0 Å². The maximum atomic E-state index is 13.3. The molecule has 0 aliphatic carbocycles. The van der Waals surface area contributed by atoms with Crippen LogP contribution in [0.4, 0.5) is 8.78 Å². The van der Waals surface area contributed by atoms with E-state index in [1.165, 1.54) is 0 Å². The molecule has 0 saturated heterocycles. The second kappa shape index (κ2) is 6.18. The third-order valence-electron chi connectivity index (χ3n) is 3.42. The van der Waals surface area contributed by atoms with E-state index in [-0.39, 0.29) is 7.94 Å². The number of imidazole rings is 1. The predicted octanol–water partition coefficient (Wildman–Crippen LogP) is 1.40. The van der Waals surface area contributed by atoms with E-state index < -0.39 is 47.2 Å². The van der Waals surface area contributed by atoms with Crippen molar-refractivity contribution < 1.29 is 25.6 Å². The van der Waals surface area contributed by atoms with Gasteiger partial charge in [-0.1, -0.05) is 12.1 Å². The van der Waals surface area contributed by atoms with Crippen LogP contribution in [-0.2, 0) is 20.0 Å². The molecule has 0 radical (unpaired) electrons. The molecule has 0 atom stereocenters. The number of nitrogens with zero attached hydrogens (tertiary/aromatic N) is 2. The Morgan fingerprint density at radius 1 is 0.692 bits per heavy atom. The largest absolute Gasteiger partial charge is 0.356 e. The van der Waals surface area contributed by atoms with Gasteiger partial charge in [0.1, 0.15) is 11.6 Å². The molecule has 0 amide bonds. The average molecular weight is 400 g/mol. The molecule has 11 heteroatoms. The Morgan fingerprint density at radius 3 is 1.42 bits per heavy atom. The van der Waals surface area contributed by atoms with Gasteiger partial charge >= 0.3 is 5.69 Å². The van der Waals surface area contributed by atoms with E-state index in [9.17, 15) is 30.4 Å². The number of halogens is 2. The van der Waals surface area contributed by atoms with E-state index in [0.717, 1.165) is 48.8 Å².